The Bertz CT molecular complexity index is 403. The van der Waals surface area contributed by atoms with Crippen LogP contribution in [0.4, 0.5) is 5.00 Å². The van der Waals surface area contributed by atoms with Crippen LogP contribution in [0.25, 0.3) is 11.3 Å². The third-order valence-corrected chi connectivity index (χ3v) is 2.49. The zero-order valence-corrected chi connectivity index (χ0v) is 8.14. The van der Waals surface area contributed by atoms with Gasteiger partial charge in [-0.25, -0.2) is 0 Å². The highest BCUT2D eigenvalue weighted by Gasteiger charge is 2.00. The van der Waals surface area contributed by atoms with Crippen molar-refractivity contribution in [1.82, 2.24) is 4.37 Å². The Kier molecular flexibility index (Phi) is 2.02. The molecular formula is C10H10N2S. The highest BCUT2D eigenvalue weighted by Crippen LogP contribution is 2.23. The first-order valence-electron chi connectivity index (χ1n) is 4.05. The fourth-order valence-electron chi connectivity index (χ4n) is 1.15. The molecule has 3 heteroatoms. The van der Waals surface area contributed by atoms with E-state index in [4.69, 9.17) is 5.73 Å². The zero-order valence-electron chi connectivity index (χ0n) is 7.32. The second-order valence-corrected chi connectivity index (χ2v) is 3.82. The van der Waals surface area contributed by atoms with Crippen LogP contribution in [0.2, 0.25) is 0 Å². The standard InChI is InChI=1S/C10H10N2S/c1-7-2-4-8(5-3-7)9-6-10(11)13-12-9/h2-6H,11H2,1H3. The summed E-state index contributed by atoms with van der Waals surface area (Å²) in [7, 11) is 0. The quantitative estimate of drug-likeness (QED) is 0.751. The first-order valence-corrected chi connectivity index (χ1v) is 4.82. The molecule has 0 saturated heterocycles. The summed E-state index contributed by atoms with van der Waals surface area (Å²) in [5.41, 5.74) is 8.94. The van der Waals surface area contributed by atoms with Gasteiger partial charge in [-0.2, -0.15) is 4.37 Å². The molecule has 0 atom stereocenters. The lowest BCUT2D eigenvalue weighted by Gasteiger charge is -1.95. The molecule has 0 amide bonds. The summed E-state index contributed by atoms with van der Waals surface area (Å²) < 4.78 is 4.23. The maximum absolute atomic E-state index is 5.60. The molecule has 1 aromatic carbocycles. The number of hydrogen-bond acceptors (Lipinski definition) is 3. The molecule has 2 rings (SSSR count). The van der Waals surface area contributed by atoms with Crippen molar-refractivity contribution in [3.05, 3.63) is 35.9 Å². The van der Waals surface area contributed by atoms with E-state index in [-0.39, 0.29) is 0 Å². The minimum atomic E-state index is 0.760. The largest absolute Gasteiger partial charge is 0.389 e. The van der Waals surface area contributed by atoms with Crippen molar-refractivity contribution in [1.29, 1.82) is 0 Å². The Morgan fingerprint density at radius 1 is 1.23 bits per heavy atom. The molecule has 0 bridgehead atoms. The summed E-state index contributed by atoms with van der Waals surface area (Å²) in [6, 6.07) is 10.2. The molecule has 2 N–H and O–H groups in total. The fraction of sp³-hybridized carbons (Fsp3) is 0.100. The Morgan fingerprint density at radius 2 is 1.92 bits per heavy atom. The molecule has 0 saturated carbocycles. The number of nitrogen functional groups attached to an aromatic ring is 1. The Labute approximate surface area is 81.2 Å². The summed E-state index contributed by atoms with van der Waals surface area (Å²) in [6.07, 6.45) is 0. The number of nitrogens with two attached hydrogens (primary N) is 1. The number of nitrogens with zero attached hydrogens (tertiary/aromatic N) is 1. The third kappa shape index (κ3) is 1.70. The maximum atomic E-state index is 5.60. The molecule has 2 aromatic rings. The summed E-state index contributed by atoms with van der Waals surface area (Å²) in [6.45, 7) is 2.07. The molecule has 0 radical (unpaired) electrons. The van der Waals surface area contributed by atoms with E-state index in [1.54, 1.807) is 0 Å². The van der Waals surface area contributed by atoms with E-state index in [0.717, 1.165) is 16.3 Å². The molecule has 0 aliphatic heterocycles. The van der Waals surface area contributed by atoms with Gasteiger partial charge in [0, 0.05) is 11.6 Å². The van der Waals surface area contributed by atoms with E-state index >= 15 is 0 Å². The minimum Gasteiger partial charge on any atom is -0.389 e. The van der Waals surface area contributed by atoms with Gasteiger partial charge < -0.3 is 5.73 Å². The van der Waals surface area contributed by atoms with Gasteiger partial charge in [0.2, 0.25) is 0 Å². The van der Waals surface area contributed by atoms with Crippen molar-refractivity contribution in [3.63, 3.8) is 0 Å². The molecule has 0 aliphatic carbocycles. The summed E-state index contributed by atoms with van der Waals surface area (Å²) >= 11 is 1.33. The Morgan fingerprint density at radius 3 is 2.46 bits per heavy atom. The maximum Gasteiger partial charge on any atom is 0.107 e. The average molecular weight is 190 g/mol. The number of hydrogen-bond donors (Lipinski definition) is 1. The molecule has 66 valence electrons. The van der Waals surface area contributed by atoms with Crippen molar-refractivity contribution in [2.24, 2.45) is 0 Å². The fourth-order valence-corrected chi connectivity index (χ4v) is 1.68. The predicted octanol–water partition coefficient (Wildman–Crippen LogP) is 2.70. The van der Waals surface area contributed by atoms with Crippen molar-refractivity contribution in [3.8, 4) is 11.3 Å². The average Bonchev–Trinajstić information content (AvgIpc) is 2.53. The number of anilines is 1. The number of benzene rings is 1. The Hall–Kier alpha value is -1.35. The van der Waals surface area contributed by atoms with Gasteiger partial charge >= 0.3 is 0 Å². The van der Waals surface area contributed by atoms with Crippen LogP contribution in [0.3, 0.4) is 0 Å². The molecule has 1 aromatic heterocycles. The second-order valence-electron chi connectivity index (χ2n) is 2.98. The molecule has 0 fully saturated rings. The van der Waals surface area contributed by atoms with E-state index in [2.05, 4.69) is 35.6 Å². The molecule has 0 spiro atoms. The lowest BCUT2D eigenvalue weighted by molar-refractivity contribution is 1.45. The van der Waals surface area contributed by atoms with Crippen LogP contribution < -0.4 is 5.73 Å². The van der Waals surface area contributed by atoms with Gasteiger partial charge in [0.15, 0.2) is 0 Å². The molecular weight excluding hydrogens is 180 g/mol. The molecule has 0 aliphatic rings. The van der Waals surface area contributed by atoms with E-state index in [1.807, 2.05) is 6.07 Å². The normalized spacial score (nSPS) is 10.2. The van der Waals surface area contributed by atoms with Crippen molar-refractivity contribution < 1.29 is 0 Å². The third-order valence-electron chi connectivity index (χ3n) is 1.88. The number of rotatable bonds is 1. The first-order chi connectivity index (χ1) is 6.25. The topological polar surface area (TPSA) is 38.9 Å². The highest BCUT2D eigenvalue weighted by molar-refractivity contribution is 7.10. The molecule has 2 nitrogen and oxygen atoms in total. The van der Waals surface area contributed by atoms with Gasteiger partial charge in [0.1, 0.15) is 5.00 Å². The SMILES string of the molecule is Cc1ccc(-c2cc(N)sn2)cc1. The monoisotopic (exact) mass is 190 g/mol. The summed E-state index contributed by atoms with van der Waals surface area (Å²) in [4.78, 5) is 0. The zero-order chi connectivity index (χ0) is 9.26. The van der Waals surface area contributed by atoms with E-state index in [0.29, 0.717) is 0 Å². The number of aryl methyl sites for hydroxylation is 1. The van der Waals surface area contributed by atoms with Crippen molar-refractivity contribution in [2.45, 2.75) is 6.92 Å². The lowest BCUT2D eigenvalue weighted by Crippen LogP contribution is -1.77. The van der Waals surface area contributed by atoms with Crippen LogP contribution in [-0.4, -0.2) is 4.37 Å². The smallest absolute Gasteiger partial charge is 0.107 e. The van der Waals surface area contributed by atoms with Gasteiger partial charge in [0.05, 0.1) is 5.69 Å². The van der Waals surface area contributed by atoms with Gasteiger partial charge in [-0.1, -0.05) is 29.8 Å². The highest BCUT2D eigenvalue weighted by atomic mass is 32.1. The molecule has 1 heterocycles. The van der Waals surface area contributed by atoms with E-state index in [1.165, 1.54) is 17.1 Å². The first kappa shape index (κ1) is 8.26. The molecule has 13 heavy (non-hydrogen) atoms. The predicted molar refractivity (Wildman–Crippen MR) is 56.7 cm³/mol. The summed E-state index contributed by atoms with van der Waals surface area (Å²) in [5, 5.41) is 0.760. The summed E-state index contributed by atoms with van der Waals surface area (Å²) in [5.74, 6) is 0. The van der Waals surface area contributed by atoms with Gasteiger partial charge in [-0.3, -0.25) is 0 Å². The van der Waals surface area contributed by atoms with Crippen LogP contribution in [0, 0.1) is 6.92 Å². The van der Waals surface area contributed by atoms with Crippen molar-refractivity contribution >= 4 is 16.5 Å². The van der Waals surface area contributed by atoms with E-state index < -0.39 is 0 Å². The van der Waals surface area contributed by atoms with Crippen molar-refractivity contribution in [2.75, 3.05) is 5.73 Å². The Balaban J connectivity index is 2.41. The molecule has 0 unspecified atom stereocenters. The van der Waals surface area contributed by atoms with Crippen LogP contribution in [0.5, 0.6) is 0 Å². The van der Waals surface area contributed by atoms with Crippen LogP contribution >= 0.6 is 11.5 Å². The van der Waals surface area contributed by atoms with Crippen LogP contribution in [-0.2, 0) is 0 Å². The minimum absolute atomic E-state index is 0.760. The second kappa shape index (κ2) is 3.18. The van der Waals surface area contributed by atoms with Gasteiger partial charge in [-0.05, 0) is 18.5 Å². The lowest BCUT2D eigenvalue weighted by atomic mass is 10.1. The van der Waals surface area contributed by atoms with Crippen LogP contribution in [0.1, 0.15) is 5.56 Å². The number of aromatic nitrogens is 1. The van der Waals surface area contributed by atoms with Crippen LogP contribution in [0.15, 0.2) is 30.3 Å². The van der Waals surface area contributed by atoms with Gasteiger partial charge in [-0.15, -0.1) is 0 Å². The van der Waals surface area contributed by atoms with E-state index in [9.17, 15) is 0 Å². The van der Waals surface area contributed by atoms with Gasteiger partial charge in [0.25, 0.3) is 0 Å².